The first-order valence-electron chi connectivity index (χ1n) is 4.71. The van der Waals surface area contributed by atoms with E-state index in [1.807, 2.05) is 0 Å². The summed E-state index contributed by atoms with van der Waals surface area (Å²) in [6.07, 6.45) is 0.353. The van der Waals surface area contributed by atoms with Crippen LogP contribution in [0.3, 0.4) is 0 Å². The van der Waals surface area contributed by atoms with Crippen molar-refractivity contribution in [3.05, 3.63) is 0 Å². The highest BCUT2D eigenvalue weighted by atomic mass is 16.5. The van der Waals surface area contributed by atoms with Crippen molar-refractivity contribution >= 4 is 0 Å². The Hall–Kier alpha value is -0.120. The van der Waals surface area contributed by atoms with E-state index in [0.717, 1.165) is 39.5 Å². The normalized spacial score (nSPS) is 18.7. The predicted molar refractivity (Wildman–Crippen MR) is 55.1 cm³/mol. The molecule has 80 valence electrons. The summed E-state index contributed by atoms with van der Waals surface area (Å²) in [6, 6.07) is 0. The van der Waals surface area contributed by atoms with Crippen LogP contribution in [0.2, 0.25) is 0 Å². The minimum absolute atomic E-state index is 0. The molecule has 1 rings (SSSR count). The smallest absolute Gasteiger partial charge is 0.0596 e. The molecule has 0 amide bonds. The Morgan fingerprint density at radius 3 is 2.46 bits per heavy atom. The summed E-state index contributed by atoms with van der Waals surface area (Å²) < 4.78 is 10.7. The summed E-state index contributed by atoms with van der Waals surface area (Å²) >= 11 is 0. The van der Waals surface area contributed by atoms with Crippen molar-refractivity contribution in [1.29, 1.82) is 0 Å². The third-order valence-corrected chi connectivity index (χ3v) is 1.96. The summed E-state index contributed by atoms with van der Waals surface area (Å²) in [6.45, 7) is 9.89. The Morgan fingerprint density at radius 1 is 1.31 bits per heavy atom. The minimum atomic E-state index is 0. The number of rotatable bonds is 4. The van der Waals surface area contributed by atoms with Gasteiger partial charge in [0.25, 0.3) is 0 Å². The van der Waals surface area contributed by atoms with Crippen LogP contribution in [0.15, 0.2) is 0 Å². The number of hydrogen-bond acceptors (Lipinski definition) is 3. The van der Waals surface area contributed by atoms with Gasteiger partial charge in [-0.2, -0.15) is 0 Å². The van der Waals surface area contributed by atoms with Gasteiger partial charge in [0.2, 0.25) is 0 Å². The molecule has 0 saturated carbocycles. The molecular formula is C10H23NO2. The molecule has 0 spiro atoms. The molecule has 1 aliphatic rings. The Morgan fingerprint density at radius 2 is 1.92 bits per heavy atom. The third kappa shape index (κ3) is 6.02. The topological polar surface area (TPSA) is 21.7 Å². The molecule has 1 aliphatic heterocycles. The van der Waals surface area contributed by atoms with Gasteiger partial charge >= 0.3 is 0 Å². The highest BCUT2D eigenvalue weighted by molar-refractivity contribution is 4.60. The second-order valence-corrected chi connectivity index (χ2v) is 3.37. The van der Waals surface area contributed by atoms with Crippen molar-refractivity contribution in [3.8, 4) is 0 Å². The Labute approximate surface area is 82.0 Å². The van der Waals surface area contributed by atoms with Gasteiger partial charge in [-0.15, -0.1) is 0 Å². The molecule has 0 aliphatic carbocycles. The van der Waals surface area contributed by atoms with Gasteiger partial charge in [0.1, 0.15) is 0 Å². The molecule has 0 aromatic heterocycles. The summed E-state index contributed by atoms with van der Waals surface area (Å²) in [5.74, 6) is 0. The fourth-order valence-electron chi connectivity index (χ4n) is 1.24. The summed E-state index contributed by atoms with van der Waals surface area (Å²) in [5.41, 5.74) is 0. The monoisotopic (exact) mass is 189 g/mol. The molecule has 0 bridgehead atoms. The highest BCUT2D eigenvalue weighted by Gasteiger charge is 2.09. The lowest BCUT2D eigenvalue weighted by atomic mass is 10.4. The number of nitrogens with zero attached hydrogens (tertiary/aromatic N) is 1. The molecule has 1 saturated heterocycles. The fraction of sp³-hybridized carbons (Fsp3) is 1.00. The molecule has 3 heteroatoms. The van der Waals surface area contributed by atoms with Gasteiger partial charge in [-0.05, 0) is 13.8 Å². The average molecular weight is 189 g/mol. The lowest BCUT2D eigenvalue weighted by Gasteiger charge is -2.26. The first kappa shape index (κ1) is 12.9. The maximum Gasteiger partial charge on any atom is 0.0596 e. The van der Waals surface area contributed by atoms with Crippen LogP contribution in [0.5, 0.6) is 0 Å². The largest absolute Gasteiger partial charge is 0.379 e. The standard InChI is InChI=1S/C9H19NO2.CH4/c1-9(2)12-8-5-10-3-6-11-7-4-10;/h9H,3-8H2,1-2H3;1H4. The third-order valence-electron chi connectivity index (χ3n) is 1.96. The van der Waals surface area contributed by atoms with E-state index in [2.05, 4.69) is 18.7 Å². The van der Waals surface area contributed by atoms with E-state index < -0.39 is 0 Å². The second kappa shape index (κ2) is 7.30. The molecule has 0 N–H and O–H groups in total. The Kier molecular flexibility index (Phi) is 7.23. The number of hydrogen-bond donors (Lipinski definition) is 0. The maximum absolute atomic E-state index is 5.46. The highest BCUT2D eigenvalue weighted by Crippen LogP contribution is 1.96. The number of morpholine rings is 1. The fourth-order valence-corrected chi connectivity index (χ4v) is 1.24. The van der Waals surface area contributed by atoms with Gasteiger partial charge in [0, 0.05) is 19.6 Å². The van der Waals surface area contributed by atoms with E-state index in [9.17, 15) is 0 Å². The first-order valence-corrected chi connectivity index (χ1v) is 4.71. The zero-order valence-corrected chi connectivity index (χ0v) is 8.08. The molecule has 0 unspecified atom stereocenters. The number of ether oxygens (including phenoxy) is 2. The lowest BCUT2D eigenvalue weighted by molar-refractivity contribution is 0.00965. The van der Waals surface area contributed by atoms with E-state index in [4.69, 9.17) is 9.47 Å². The summed E-state index contributed by atoms with van der Waals surface area (Å²) in [4.78, 5) is 2.38. The van der Waals surface area contributed by atoms with Crippen LogP contribution in [0.1, 0.15) is 21.3 Å². The SMILES string of the molecule is C.CC(C)OCCN1CCOCC1. The van der Waals surface area contributed by atoms with Crippen LogP contribution < -0.4 is 0 Å². The van der Waals surface area contributed by atoms with Crippen molar-refractivity contribution < 1.29 is 9.47 Å². The average Bonchev–Trinajstić information content (AvgIpc) is 2.05. The molecule has 0 atom stereocenters. The predicted octanol–water partition coefficient (Wildman–Crippen LogP) is 1.38. The van der Waals surface area contributed by atoms with Gasteiger partial charge in [-0.1, -0.05) is 7.43 Å². The van der Waals surface area contributed by atoms with E-state index in [1.165, 1.54) is 0 Å². The molecule has 0 aromatic carbocycles. The molecule has 3 nitrogen and oxygen atoms in total. The summed E-state index contributed by atoms with van der Waals surface area (Å²) in [5, 5.41) is 0. The first-order chi connectivity index (χ1) is 5.79. The van der Waals surface area contributed by atoms with Crippen LogP contribution in [0.25, 0.3) is 0 Å². The van der Waals surface area contributed by atoms with Gasteiger partial charge in [0.15, 0.2) is 0 Å². The molecule has 0 aromatic rings. The van der Waals surface area contributed by atoms with Crippen LogP contribution >= 0.6 is 0 Å². The molecule has 0 radical (unpaired) electrons. The van der Waals surface area contributed by atoms with E-state index >= 15 is 0 Å². The van der Waals surface area contributed by atoms with Crippen molar-refractivity contribution in [2.45, 2.75) is 27.4 Å². The van der Waals surface area contributed by atoms with Gasteiger partial charge < -0.3 is 9.47 Å². The van der Waals surface area contributed by atoms with E-state index in [0.29, 0.717) is 6.10 Å². The zero-order valence-electron chi connectivity index (χ0n) is 8.08. The summed E-state index contributed by atoms with van der Waals surface area (Å²) in [7, 11) is 0. The van der Waals surface area contributed by atoms with Crippen molar-refractivity contribution in [2.24, 2.45) is 0 Å². The zero-order chi connectivity index (χ0) is 8.81. The maximum atomic E-state index is 5.46. The molecular weight excluding hydrogens is 166 g/mol. The van der Waals surface area contributed by atoms with E-state index in [-0.39, 0.29) is 7.43 Å². The van der Waals surface area contributed by atoms with Crippen LogP contribution in [0, 0.1) is 0 Å². The van der Waals surface area contributed by atoms with Gasteiger partial charge in [0.05, 0.1) is 25.9 Å². The minimum Gasteiger partial charge on any atom is -0.379 e. The molecule has 13 heavy (non-hydrogen) atoms. The van der Waals surface area contributed by atoms with Gasteiger partial charge in [-0.25, -0.2) is 0 Å². The second-order valence-electron chi connectivity index (χ2n) is 3.37. The molecule has 1 heterocycles. The van der Waals surface area contributed by atoms with Crippen LogP contribution in [0.4, 0.5) is 0 Å². The quantitative estimate of drug-likeness (QED) is 0.667. The van der Waals surface area contributed by atoms with Crippen molar-refractivity contribution in [2.75, 3.05) is 39.5 Å². The van der Waals surface area contributed by atoms with Gasteiger partial charge in [-0.3, -0.25) is 4.90 Å². The Bertz CT molecular complexity index is 111. The molecule has 1 fully saturated rings. The van der Waals surface area contributed by atoms with Crippen LogP contribution in [-0.4, -0.2) is 50.5 Å². The van der Waals surface area contributed by atoms with Crippen LogP contribution in [-0.2, 0) is 9.47 Å². The van der Waals surface area contributed by atoms with Crippen molar-refractivity contribution in [3.63, 3.8) is 0 Å². The van der Waals surface area contributed by atoms with Crippen molar-refractivity contribution in [1.82, 2.24) is 4.90 Å². The Balaban J connectivity index is 0.00000144. The lowest BCUT2D eigenvalue weighted by Crippen LogP contribution is -2.38. The van der Waals surface area contributed by atoms with E-state index in [1.54, 1.807) is 0 Å².